The Kier molecular flexibility index (Phi) is 4.15. The summed E-state index contributed by atoms with van der Waals surface area (Å²) in [7, 11) is -1.68. The molecule has 1 aliphatic carbocycles. The fourth-order valence-corrected chi connectivity index (χ4v) is 4.25. The van der Waals surface area contributed by atoms with E-state index >= 15 is 0 Å². The van der Waals surface area contributed by atoms with Gasteiger partial charge in [-0.1, -0.05) is 32.9 Å². The van der Waals surface area contributed by atoms with Crippen LogP contribution in [-0.4, -0.2) is 21.0 Å². The van der Waals surface area contributed by atoms with Crippen LogP contribution in [0.25, 0.3) is 0 Å². The van der Waals surface area contributed by atoms with Crippen molar-refractivity contribution >= 4 is 8.32 Å². The number of rotatable bonds is 3. The van der Waals surface area contributed by atoms with E-state index in [4.69, 9.17) is 9.16 Å². The Balaban J connectivity index is 1.68. The lowest BCUT2D eigenvalue weighted by atomic mass is 9.89. The largest absolute Gasteiger partial charge is 0.487 e. The maximum absolute atomic E-state index is 6.37. The third kappa shape index (κ3) is 2.98. The molecular formula is C19H30O2Si. The van der Waals surface area contributed by atoms with Crippen LogP contribution in [0.15, 0.2) is 12.1 Å². The van der Waals surface area contributed by atoms with Crippen LogP contribution >= 0.6 is 0 Å². The van der Waals surface area contributed by atoms with Gasteiger partial charge in [-0.05, 0) is 60.5 Å². The van der Waals surface area contributed by atoms with E-state index in [0.29, 0.717) is 0 Å². The molecule has 0 radical (unpaired) electrons. The molecule has 0 bridgehead atoms. The molecule has 0 aromatic heterocycles. The second kappa shape index (κ2) is 5.68. The number of hydrogen-bond donors (Lipinski definition) is 0. The third-order valence-electron chi connectivity index (χ3n) is 5.73. The van der Waals surface area contributed by atoms with Gasteiger partial charge in [0, 0.05) is 6.42 Å². The van der Waals surface area contributed by atoms with Crippen molar-refractivity contribution in [3.63, 3.8) is 0 Å². The SMILES string of the molecule is CC(C)(C)[Si](C)(C)OCC1Cc2ccc3c(c2O1)CCCC3. The van der Waals surface area contributed by atoms with Crippen LogP contribution in [0.2, 0.25) is 18.1 Å². The molecule has 0 spiro atoms. The summed E-state index contributed by atoms with van der Waals surface area (Å²) in [6, 6.07) is 4.61. The van der Waals surface area contributed by atoms with Crippen molar-refractivity contribution in [1.82, 2.24) is 0 Å². The first-order valence-corrected chi connectivity index (χ1v) is 11.6. The summed E-state index contributed by atoms with van der Waals surface area (Å²) in [5, 5.41) is 0.262. The second-order valence-corrected chi connectivity index (χ2v) is 13.2. The maximum Gasteiger partial charge on any atom is 0.192 e. The normalized spacial score (nSPS) is 21.2. The van der Waals surface area contributed by atoms with Crippen molar-refractivity contribution in [2.75, 3.05) is 6.61 Å². The van der Waals surface area contributed by atoms with Crippen molar-refractivity contribution in [1.29, 1.82) is 0 Å². The average molecular weight is 319 g/mol. The predicted octanol–water partition coefficient (Wildman–Crippen LogP) is 4.89. The first kappa shape index (κ1) is 16.1. The van der Waals surface area contributed by atoms with E-state index in [1.807, 2.05) is 0 Å². The Labute approximate surface area is 136 Å². The molecule has 1 aromatic carbocycles. The van der Waals surface area contributed by atoms with Gasteiger partial charge in [0.15, 0.2) is 8.32 Å². The van der Waals surface area contributed by atoms with Gasteiger partial charge in [-0.3, -0.25) is 0 Å². The molecule has 22 heavy (non-hydrogen) atoms. The highest BCUT2D eigenvalue weighted by molar-refractivity contribution is 6.74. The molecule has 0 saturated carbocycles. The van der Waals surface area contributed by atoms with Gasteiger partial charge in [-0.25, -0.2) is 0 Å². The van der Waals surface area contributed by atoms with Gasteiger partial charge in [0.25, 0.3) is 0 Å². The minimum Gasteiger partial charge on any atom is -0.487 e. The number of hydrogen-bond acceptors (Lipinski definition) is 2. The molecule has 2 aliphatic rings. The van der Waals surface area contributed by atoms with Crippen LogP contribution in [0.3, 0.4) is 0 Å². The molecule has 1 aromatic rings. The van der Waals surface area contributed by atoms with E-state index < -0.39 is 8.32 Å². The van der Waals surface area contributed by atoms with Gasteiger partial charge in [0.1, 0.15) is 11.9 Å². The lowest BCUT2D eigenvalue weighted by Crippen LogP contribution is -2.43. The standard InChI is InChI=1S/C19H30O2Si/c1-19(2,3)22(4,5)20-13-16-12-15-11-10-14-8-6-7-9-17(14)18(15)21-16/h10-11,16H,6-9,12-13H2,1-5H3. The van der Waals surface area contributed by atoms with Gasteiger partial charge in [-0.15, -0.1) is 0 Å². The summed E-state index contributed by atoms with van der Waals surface area (Å²) in [5.74, 6) is 1.20. The van der Waals surface area contributed by atoms with Crippen LogP contribution in [0, 0.1) is 0 Å². The predicted molar refractivity (Wildman–Crippen MR) is 94.4 cm³/mol. The molecule has 3 rings (SSSR count). The summed E-state index contributed by atoms with van der Waals surface area (Å²) in [4.78, 5) is 0. The van der Waals surface area contributed by atoms with Gasteiger partial charge in [0.2, 0.25) is 0 Å². The second-order valence-electron chi connectivity index (χ2n) is 8.41. The third-order valence-corrected chi connectivity index (χ3v) is 10.2. The first-order valence-electron chi connectivity index (χ1n) is 8.72. The molecule has 2 nitrogen and oxygen atoms in total. The van der Waals surface area contributed by atoms with Gasteiger partial charge in [0.05, 0.1) is 6.61 Å². The molecule has 1 atom stereocenters. The number of aryl methyl sites for hydroxylation is 1. The Morgan fingerprint density at radius 3 is 2.55 bits per heavy atom. The van der Waals surface area contributed by atoms with E-state index in [2.05, 4.69) is 46.0 Å². The number of benzene rings is 1. The topological polar surface area (TPSA) is 18.5 Å². The van der Waals surface area contributed by atoms with E-state index in [1.54, 1.807) is 0 Å². The van der Waals surface area contributed by atoms with Crippen LogP contribution in [0.5, 0.6) is 5.75 Å². The molecule has 1 heterocycles. The molecule has 1 aliphatic heterocycles. The quantitative estimate of drug-likeness (QED) is 0.739. The Morgan fingerprint density at radius 1 is 1.14 bits per heavy atom. The molecule has 0 saturated heterocycles. The minimum absolute atomic E-state index is 0.206. The molecular weight excluding hydrogens is 288 g/mol. The smallest absolute Gasteiger partial charge is 0.192 e. The van der Waals surface area contributed by atoms with Crippen molar-refractivity contribution in [3.05, 3.63) is 28.8 Å². The van der Waals surface area contributed by atoms with E-state index in [9.17, 15) is 0 Å². The van der Waals surface area contributed by atoms with E-state index in [-0.39, 0.29) is 11.1 Å². The van der Waals surface area contributed by atoms with Crippen LogP contribution in [0.4, 0.5) is 0 Å². The lowest BCUT2D eigenvalue weighted by molar-refractivity contribution is 0.138. The Morgan fingerprint density at radius 2 is 1.82 bits per heavy atom. The average Bonchev–Trinajstić information content (AvgIpc) is 2.87. The van der Waals surface area contributed by atoms with Crippen molar-refractivity contribution in [2.24, 2.45) is 0 Å². The van der Waals surface area contributed by atoms with Crippen molar-refractivity contribution in [2.45, 2.75) is 77.1 Å². The van der Waals surface area contributed by atoms with Gasteiger partial charge < -0.3 is 9.16 Å². The summed E-state index contributed by atoms with van der Waals surface area (Å²) in [6.07, 6.45) is 6.25. The number of fused-ring (bicyclic) bond motifs is 3. The zero-order chi connectivity index (χ0) is 16.0. The lowest BCUT2D eigenvalue weighted by Gasteiger charge is -2.36. The van der Waals surface area contributed by atoms with Crippen molar-refractivity contribution < 1.29 is 9.16 Å². The number of ether oxygens (including phenoxy) is 1. The molecule has 0 fully saturated rings. The summed E-state index contributed by atoms with van der Waals surface area (Å²) in [5.41, 5.74) is 4.39. The molecule has 0 amide bonds. The van der Waals surface area contributed by atoms with Crippen molar-refractivity contribution in [3.8, 4) is 5.75 Å². The zero-order valence-electron chi connectivity index (χ0n) is 14.8. The van der Waals surface area contributed by atoms with E-state index in [0.717, 1.165) is 13.0 Å². The monoisotopic (exact) mass is 318 g/mol. The molecule has 1 unspecified atom stereocenters. The van der Waals surface area contributed by atoms with Crippen LogP contribution in [0.1, 0.15) is 50.3 Å². The van der Waals surface area contributed by atoms with Gasteiger partial charge >= 0.3 is 0 Å². The Hall–Kier alpha value is -0.803. The molecule has 3 heteroatoms. The van der Waals surface area contributed by atoms with Gasteiger partial charge in [-0.2, -0.15) is 0 Å². The fraction of sp³-hybridized carbons (Fsp3) is 0.684. The summed E-state index contributed by atoms with van der Waals surface area (Å²) in [6.45, 7) is 12.2. The maximum atomic E-state index is 6.37. The van der Waals surface area contributed by atoms with E-state index in [1.165, 1.54) is 48.1 Å². The summed E-state index contributed by atoms with van der Waals surface area (Å²) < 4.78 is 12.7. The summed E-state index contributed by atoms with van der Waals surface area (Å²) >= 11 is 0. The highest BCUT2D eigenvalue weighted by Gasteiger charge is 2.38. The minimum atomic E-state index is -1.68. The highest BCUT2D eigenvalue weighted by atomic mass is 28.4. The highest BCUT2D eigenvalue weighted by Crippen LogP contribution is 2.40. The fourth-order valence-electron chi connectivity index (χ4n) is 3.21. The van der Waals surface area contributed by atoms with Crippen LogP contribution in [-0.2, 0) is 23.7 Å². The molecule has 122 valence electrons. The Bertz CT molecular complexity index is 557. The first-order chi connectivity index (χ1) is 10.3. The molecule has 0 N–H and O–H groups in total. The zero-order valence-corrected chi connectivity index (χ0v) is 15.8. The van der Waals surface area contributed by atoms with Crippen LogP contribution < -0.4 is 4.74 Å².